The van der Waals surface area contributed by atoms with Gasteiger partial charge in [-0.25, -0.2) is 8.42 Å². The summed E-state index contributed by atoms with van der Waals surface area (Å²) in [6.07, 6.45) is 2.70. The van der Waals surface area contributed by atoms with Gasteiger partial charge in [-0.15, -0.1) is 0 Å². The number of sulfonamides is 1. The highest BCUT2D eigenvalue weighted by Crippen LogP contribution is 2.42. The molecule has 0 bridgehead atoms. The molecule has 1 aromatic carbocycles. The Morgan fingerprint density at radius 3 is 2.29 bits per heavy atom. The van der Waals surface area contributed by atoms with Gasteiger partial charge in [0.1, 0.15) is 0 Å². The summed E-state index contributed by atoms with van der Waals surface area (Å²) in [5.41, 5.74) is -0.544. The van der Waals surface area contributed by atoms with E-state index in [1.54, 1.807) is 0 Å². The second-order valence-corrected chi connectivity index (χ2v) is 11.5. The fourth-order valence-electron chi connectivity index (χ4n) is 5.00. The van der Waals surface area contributed by atoms with Crippen LogP contribution in [0.4, 0.5) is 0 Å². The van der Waals surface area contributed by atoms with E-state index in [0.29, 0.717) is 25.8 Å². The topological polar surface area (TPSA) is 109 Å². The van der Waals surface area contributed by atoms with Crippen LogP contribution in [0.1, 0.15) is 56.7 Å². The summed E-state index contributed by atoms with van der Waals surface area (Å²) in [5.74, 6) is -0.820. The molecule has 0 saturated carbocycles. The lowest BCUT2D eigenvalue weighted by Gasteiger charge is -2.53. The first-order chi connectivity index (χ1) is 15.9. The Hall–Kier alpha value is -2.91. The Bertz CT molecular complexity index is 1130. The van der Waals surface area contributed by atoms with Gasteiger partial charge in [-0.3, -0.25) is 9.59 Å². The molecular formula is C25H33N3O5S. The molecule has 1 aliphatic rings. The molecule has 1 aliphatic heterocycles. The average molecular weight is 488 g/mol. The number of furan rings is 1. The van der Waals surface area contributed by atoms with E-state index >= 15 is 0 Å². The van der Waals surface area contributed by atoms with Crippen LogP contribution < -0.4 is 10.6 Å². The average Bonchev–Trinajstić information content (AvgIpc) is 3.23. The molecule has 1 fully saturated rings. The Labute approximate surface area is 201 Å². The molecule has 0 spiro atoms. The molecule has 2 N–H and O–H groups in total. The van der Waals surface area contributed by atoms with Gasteiger partial charge in [-0.1, -0.05) is 36.9 Å². The maximum Gasteiger partial charge on any atom is 0.287 e. The van der Waals surface area contributed by atoms with Crippen LogP contribution in [-0.4, -0.2) is 48.2 Å². The smallest absolute Gasteiger partial charge is 0.287 e. The van der Waals surface area contributed by atoms with Crippen LogP contribution in [-0.2, 0) is 21.2 Å². The van der Waals surface area contributed by atoms with Crippen molar-refractivity contribution in [2.24, 2.45) is 0 Å². The third-order valence-electron chi connectivity index (χ3n) is 5.97. The van der Waals surface area contributed by atoms with Crippen LogP contribution in [0, 0.1) is 0 Å². The summed E-state index contributed by atoms with van der Waals surface area (Å²) < 4.78 is 34.2. The lowest BCUT2D eigenvalue weighted by atomic mass is 9.79. The van der Waals surface area contributed by atoms with Crippen molar-refractivity contribution in [3.63, 3.8) is 0 Å². The first kappa shape index (κ1) is 25.7. The highest BCUT2D eigenvalue weighted by molar-refractivity contribution is 7.89. The first-order valence-corrected chi connectivity index (χ1v) is 12.7. The van der Waals surface area contributed by atoms with Crippen molar-refractivity contribution < 1.29 is 22.4 Å². The molecule has 1 aromatic heterocycles. The second kappa shape index (κ2) is 9.76. The number of rotatable bonds is 8. The molecule has 34 heavy (non-hydrogen) atoms. The Morgan fingerprint density at radius 2 is 1.71 bits per heavy atom. The van der Waals surface area contributed by atoms with Crippen LogP contribution in [0.5, 0.6) is 0 Å². The number of carbonyl (C=O) groups is 2. The number of amides is 2. The van der Waals surface area contributed by atoms with Gasteiger partial charge >= 0.3 is 0 Å². The van der Waals surface area contributed by atoms with Gasteiger partial charge in [0.05, 0.1) is 0 Å². The molecular weight excluding hydrogens is 454 g/mol. The normalized spacial score (nSPS) is 18.2. The van der Waals surface area contributed by atoms with E-state index in [1.807, 2.05) is 58.0 Å². The summed E-state index contributed by atoms with van der Waals surface area (Å²) in [5, 5.41) is 5.37. The monoisotopic (exact) mass is 487 g/mol. The number of benzene rings is 1. The van der Waals surface area contributed by atoms with E-state index in [1.165, 1.54) is 22.5 Å². The largest absolute Gasteiger partial charge is 0.438 e. The Balaban J connectivity index is 1.74. The number of hydrogen-bond acceptors (Lipinski definition) is 5. The quantitative estimate of drug-likeness (QED) is 0.556. The number of nitrogens with zero attached hydrogens (tertiary/aromatic N) is 1. The molecule has 1 saturated heterocycles. The zero-order valence-corrected chi connectivity index (χ0v) is 20.9. The molecule has 0 radical (unpaired) electrons. The van der Waals surface area contributed by atoms with E-state index in [0.717, 1.165) is 5.56 Å². The van der Waals surface area contributed by atoms with Crippen molar-refractivity contribution in [1.82, 2.24) is 14.9 Å². The number of piperidine rings is 1. The lowest BCUT2D eigenvalue weighted by molar-refractivity contribution is -0.118. The molecule has 9 heteroatoms. The third kappa shape index (κ3) is 5.59. The van der Waals surface area contributed by atoms with Crippen molar-refractivity contribution in [3.8, 4) is 0 Å². The van der Waals surface area contributed by atoms with Crippen molar-refractivity contribution in [1.29, 1.82) is 0 Å². The number of hydrogen-bond donors (Lipinski definition) is 2. The molecule has 8 nitrogen and oxygen atoms in total. The first-order valence-electron chi connectivity index (χ1n) is 11.3. The van der Waals surface area contributed by atoms with Crippen LogP contribution >= 0.6 is 0 Å². The summed E-state index contributed by atoms with van der Waals surface area (Å²) in [6.45, 7) is 11.2. The molecule has 3 rings (SSSR count). The van der Waals surface area contributed by atoms with Gasteiger partial charge in [0.15, 0.2) is 5.76 Å². The standard InChI is InChI=1S/C25H33N3O5S/c1-6-21(29)27-19-16-24(2,3)28(25(4,5)17-19)34(31,32)22-13-12-20(33-22)23(30)26-15-14-18-10-8-7-9-11-18/h6-13,19H,1,14-17H2,2-5H3,(H,26,30)(H,27,29). The maximum atomic E-state index is 13.6. The van der Waals surface area contributed by atoms with Gasteiger partial charge in [0.2, 0.25) is 11.0 Å². The van der Waals surface area contributed by atoms with Gasteiger partial charge in [-0.05, 0) is 70.7 Å². The summed E-state index contributed by atoms with van der Waals surface area (Å²) in [4.78, 5) is 24.3. The zero-order valence-electron chi connectivity index (χ0n) is 20.1. The van der Waals surface area contributed by atoms with E-state index < -0.39 is 27.0 Å². The van der Waals surface area contributed by atoms with Crippen molar-refractivity contribution in [2.75, 3.05) is 6.54 Å². The van der Waals surface area contributed by atoms with E-state index in [2.05, 4.69) is 17.2 Å². The fraction of sp³-hybridized carbons (Fsp3) is 0.440. The van der Waals surface area contributed by atoms with Crippen LogP contribution in [0.15, 0.2) is 64.6 Å². The van der Waals surface area contributed by atoms with E-state index in [9.17, 15) is 18.0 Å². The molecule has 0 aliphatic carbocycles. The Kier molecular flexibility index (Phi) is 7.38. The molecule has 2 heterocycles. The van der Waals surface area contributed by atoms with E-state index in [-0.39, 0.29) is 22.8 Å². The third-order valence-corrected chi connectivity index (χ3v) is 8.16. The van der Waals surface area contributed by atoms with Gasteiger partial charge in [0.25, 0.3) is 15.9 Å². The van der Waals surface area contributed by atoms with Gasteiger partial charge in [0, 0.05) is 23.7 Å². The number of carbonyl (C=O) groups excluding carboxylic acids is 2. The fourth-order valence-corrected chi connectivity index (χ4v) is 7.06. The summed E-state index contributed by atoms with van der Waals surface area (Å²) >= 11 is 0. The van der Waals surface area contributed by atoms with Crippen LogP contribution in [0.25, 0.3) is 0 Å². The van der Waals surface area contributed by atoms with Crippen LogP contribution in [0.2, 0.25) is 0 Å². The SMILES string of the molecule is C=CC(=O)NC1CC(C)(C)N(S(=O)(=O)c2ccc(C(=O)NCCc3ccccc3)o2)C(C)(C)C1. The lowest BCUT2D eigenvalue weighted by Crippen LogP contribution is -2.65. The van der Waals surface area contributed by atoms with Crippen molar-refractivity contribution >= 4 is 21.8 Å². The molecule has 0 unspecified atom stereocenters. The van der Waals surface area contributed by atoms with Crippen molar-refractivity contribution in [2.45, 2.75) is 69.2 Å². The van der Waals surface area contributed by atoms with Crippen molar-refractivity contribution in [3.05, 3.63) is 66.4 Å². The minimum atomic E-state index is -4.06. The summed E-state index contributed by atoms with van der Waals surface area (Å²) in [7, 11) is -4.06. The predicted molar refractivity (Wildman–Crippen MR) is 130 cm³/mol. The molecule has 184 valence electrons. The second-order valence-electron chi connectivity index (χ2n) is 9.82. The van der Waals surface area contributed by atoms with E-state index in [4.69, 9.17) is 4.42 Å². The van der Waals surface area contributed by atoms with Crippen LogP contribution in [0.3, 0.4) is 0 Å². The highest BCUT2D eigenvalue weighted by atomic mass is 32.2. The maximum absolute atomic E-state index is 13.6. The molecule has 0 atom stereocenters. The number of nitrogens with one attached hydrogen (secondary N) is 2. The minimum absolute atomic E-state index is 0.0598. The predicted octanol–water partition coefficient (Wildman–Crippen LogP) is 3.26. The molecule has 2 amide bonds. The van der Waals surface area contributed by atoms with Gasteiger partial charge in [-0.2, -0.15) is 4.31 Å². The molecule has 2 aromatic rings. The minimum Gasteiger partial charge on any atom is -0.438 e. The van der Waals surface area contributed by atoms with Gasteiger partial charge < -0.3 is 15.1 Å². The highest BCUT2D eigenvalue weighted by Gasteiger charge is 2.52. The Morgan fingerprint density at radius 1 is 1.09 bits per heavy atom. The zero-order chi connectivity index (χ0) is 25.1. The summed E-state index contributed by atoms with van der Waals surface area (Å²) in [6, 6.07) is 12.2.